The number of carbonyl (C=O) groups excluding carboxylic acids is 1. The molecule has 0 aliphatic carbocycles. The molecule has 5 nitrogen and oxygen atoms in total. The van der Waals surface area contributed by atoms with Gasteiger partial charge in [-0.15, -0.1) is 0 Å². The van der Waals surface area contributed by atoms with Crippen molar-refractivity contribution in [2.45, 2.75) is 32.7 Å². The van der Waals surface area contributed by atoms with Crippen LogP contribution in [-0.2, 0) is 17.6 Å². The average Bonchev–Trinajstić information content (AvgIpc) is 3.13. The maximum atomic E-state index is 11.9. The summed E-state index contributed by atoms with van der Waals surface area (Å²) in [4.78, 5) is 21.0. The van der Waals surface area contributed by atoms with Crippen molar-refractivity contribution in [3.8, 4) is 0 Å². The molecule has 0 saturated carbocycles. The molecule has 0 aliphatic rings. The summed E-state index contributed by atoms with van der Waals surface area (Å²) in [6.45, 7) is 4.82. The number of hydrogen-bond donors (Lipinski definition) is 1. The minimum atomic E-state index is 0.0498. The highest BCUT2D eigenvalue weighted by atomic mass is 32.1. The number of imidazole rings is 1. The summed E-state index contributed by atoms with van der Waals surface area (Å²) < 4.78 is 2.14. The number of hydrogen-bond acceptors (Lipinski definition) is 4. The van der Waals surface area contributed by atoms with Crippen LogP contribution in [0.5, 0.6) is 0 Å². The molecule has 0 atom stereocenters. The first kappa shape index (κ1) is 15.7. The number of aromatic nitrogens is 3. The number of carbonyl (C=O) groups is 1. The smallest absolute Gasteiger partial charge is 0.224 e. The molecule has 0 unspecified atom stereocenters. The first-order valence-corrected chi connectivity index (χ1v) is 8.69. The number of pyridine rings is 1. The Morgan fingerprint density at radius 2 is 2.26 bits per heavy atom. The van der Waals surface area contributed by atoms with Crippen molar-refractivity contribution in [3.63, 3.8) is 0 Å². The first-order valence-electron chi connectivity index (χ1n) is 7.74. The fraction of sp³-hybridized carbons (Fsp3) is 0.353. The van der Waals surface area contributed by atoms with Gasteiger partial charge in [-0.25, -0.2) is 9.97 Å². The molecule has 0 radical (unpaired) electrons. The monoisotopic (exact) mass is 328 g/mol. The lowest BCUT2D eigenvalue weighted by atomic mass is 10.2. The molecule has 0 fully saturated rings. The highest BCUT2D eigenvalue weighted by Crippen LogP contribution is 2.19. The third kappa shape index (κ3) is 3.59. The molecule has 3 aromatic heterocycles. The van der Waals surface area contributed by atoms with Gasteiger partial charge in [0.25, 0.3) is 0 Å². The number of fused-ring (bicyclic) bond motifs is 1. The minimum absolute atomic E-state index is 0.0498. The Labute approximate surface area is 139 Å². The molecule has 0 saturated heterocycles. The van der Waals surface area contributed by atoms with Gasteiger partial charge in [-0.2, -0.15) is 11.3 Å². The van der Waals surface area contributed by atoms with E-state index in [1.165, 1.54) is 0 Å². The number of amides is 1. The van der Waals surface area contributed by atoms with Crippen molar-refractivity contribution in [2.75, 3.05) is 6.54 Å². The summed E-state index contributed by atoms with van der Waals surface area (Å²) in [5.74, 6) is 1.01. The van der Waals surface area contributed by atoms with Crippen molar-refractivity contribution >= 4 is 28.4 Å². The molecule has 1 N–H and O–H groups in total. The van der Waals surface area contributed by atoms with Gasteiger partial charge in [-0.05, 0) is 48.4 Å². The van der Waals surface area contributed by atoms with E-state index >= 15 is 0 Å². The lowest BCUT2D eigenvalue weighted by Crippen LogP contribution is -2.28. The molecule has 0 aromatic carbocycles. The van der Waals surface area contributed by atoms with Crippen LogP contribution in [0.3, 0.4) is 0 Å². The number of nitrogens with one attached hydrogen (secondary N) is 1. The van der Waals surface area contributed by atoms with Crippen LogP contribution in [0.15, 0.2) is 35.2 Å². The van der Waals surface area contributed by atoms with Crippen molar-refractivity contribution in [3.05, 3.63) is 46.5 Å². The summed E-state index contributed by atoms with van der Waals surface area (Å²) in [5, 5.41) is 6.96. The Morgan fingerprint density at radius 3 is 3.00 bits per heavy atom. The van der Waals surface area contributed by atoms with Gasteiger partial charge in [-0.1, -0.05) is 0 Å². The SMILES string of the molecule is CC(C)n1c(CCNC(=O)Cc2ccsc2)nc2cccnc21. The van der Waals surface area contributed by atoms with E-state index in [2.05, 4.69) is 33.7 Å². The Bertz CT molecular complexity index is 792. The number of rotatable bonds is 6. The predicted octanol–water partition coefficient (Wildman–Crippen LogP) is 2.98. The van der Waals surface area contributed by atoms with Crippen molar-refractivity contribution in [1.82, 2.24) is 19.9 Å². The van der Waals surface area contributed by atoms with Gasteiger partial charge in [0.15, 0.2) is 5.65 Å². The van der Waals surface area contributed by atoms with Gasteiger partial charge in [-0.3, -0.25) is 4.79 Å². The Balaban J connectivity index is 1.65. The van der Waals surface area contributed by atoms with Gasteiger partial charge in [0.1, 0.15) is 11.3 Å². The normalized spacial score (nSPS) is 11.3. The zero-order valence-corrected chi connectivity index (χ0v) is 14.1. The summed E-state index contributed by atoms with van der Waals surface area (Å²) in [6, 6.07) is 6.13. The van der Waals surface area contributed by atoms with Crippen LogP contribution in [0.4, 0.5) is 0 Å². The summed E-state index contributed by atoms with van der Waals surface area (Å²) >= 11 is 1.61. The quantitative estimate of drug-likeness (QED) is 0.757. The van der Waals surface area contributed by atoms with Crippen LogP contribution < -0.4 is 5.32 Å². The van der Waals surface area contributed by atoms with E-state index < -0.39 is 0 Å². The number of thiophene rings is 1. The van der Waals surface area contributed by atoms with E-state index in [1.54, 1.807) is 17.5 Å². The van der Waals surface area contributed by atoms with Crippen LogP contribution >= 0.6 is 11.3 Å². The van der Waals surface area contributed by atoms with Crippen LogP contribution in [0.2, 0.25) is 0 Å². The van der Waals surface area contributed by atoms with Crippen LogP contribution in [0.1, 0.15) is 31.3 Å². The molecule has 1 amide bonds. The fourth-order valence-corrected chi connectivity index (χ4v) is 3.32. The zero-order chi connectivity index (χ0) is 16.2. The summed E-state index contributed by atoms with van der Waals surface area (Å²) in [7, 11) is 0. The summed E-state index contributed by atoms with van der Waals surface area (Å²) in [6.07, 6.45) is 2.92. The average molecular weight is 328 g/mol. The largest absolute Gasteiger partial charge is 0.355 e. The molecule has 0 bridgehead atoms. The fourth-order valence-electron chi connectivity index (χ4n) is 2.65. The standard InChI is InChI=1S/C17H20N4OS/c1-12(2)21-15(20-14-4-3-7-19-17(14)21)5-8-18-16(22)10-13-6-9-23-11-13/h3-4,6-7,9,11-12H,5,8,10H2,1-2H3,(H,18,22). The molecule has 23 heavy (non-hydrogen) atoms. The van der Waals surface area contributed by atoms with Crippen LogP contribution in [0.25, 0.3) is 11.2 Å². The van der Waals surface area contributed by atoms with Gasteiger partial charge in [0.2, 0.25) is 5.91 Å². The Hall–Kier alpha value is -2.21. The Kier molecular flexibility index (Phi) is 4.71. The first-order chi connectivity index (χ1) is 11.1. The molecule has 120 valence electrons. The zero-order valence-electron chi connectivity index (χ0n) is 13.3. The molecule has 3 heterocycles. The van der Waals surface area contributed by atoms with Gasteiger partial charge in [0, 0.05) is 25.2 Å². The maximum absolute atomic E-state index is 11.9. The molecular weight excluding hydrogens is 308 g/mol. The third-order valence-electron chi connectivity index (χ3n) is 3.65. The highest BCUT2D eigenvalue weighted by molar-refractivity contribution is 7.07. The van der Waals surface area contributed by atoms with E-state index in [9.17, 15) is 4.79 Å². The second-order valence-electron chi connectivity index (χ2n) is 5.75. The summed E-state index contributed by atoms with van der Waals surface area (Å²) in [5.41, 5.74) is 2.87. The van der Waals surface area contributed by atoms with E-state index in [-0.39, 0.29) is 11.9 Å². The molecule has 6 heteroatoms. The molecule has 3 aromatic rings. The minimum Gasteiger partial charge on any atom is -0.355 e. The maximum Gasteiger partial charge on any atom is 0.224 e. The predicted molar refractivity (Wildman–Crippen MR) is 92.6 cm³/mol. The van der Waals surface area contributed by atoms with E-state index in [0.717, 1.165) is 22.6 Å². The highest BCUT2D eigenvalue weighted by Gasteiger charge is 2.14. The molecule has 0 spiro atoms. The Morgan fingerprint density at radius 1 is 1.39 bits per heavy atom. The molecular formula is C17H20N4OS. The van der Waals surface area contributed by atoms with Crippen molar-refractivity contribution < 1.29 is 4.79 Å². The second kappa shape index (κ2) is 6.91. The molecule has 0 aliphatic heterocycles. The lowest BCUT2D eigenvalue weighted by molar-refractivity contribution is -0.120. The van der Waals surface area contributed by atoms with E-state index in [4.69, 9.17) is 0 Å². The van der Waals surface area contributed by atoms with Gasteiger partial charge in [0.05, 0.1) is 6.42 Å². The van der Waals surface area contributed by atoms with Crippen molar-refractivity contribution in [1.29, 1.82) is 0 Å². The molecule has 3 rings (SSSR count). The third-order valence-corrected chi connectivity index (χ3v) is 4.39. The lowest BCUT2D eigenvalue weighted by Gasteiger charge is -2.12. The number of nitrogens with zero attached hydrogens (tertiary/aromatic N) is 3. The van der Waals surface area contributed by atoms with Gasteiger partial charge < -0.3 is 9.88 Å². The topological polar surface area (TPSA) is 59.8 Å². The van der Waals surface area contributed by atoms with Crippen LogP contribution in [0, 0.1) is 0 Å². The van der Waals surface area contributed by atoms with E-state index in [1.807, 2.05) is 29.0 Å². The van der Waals surface area contributed by atoms with Gasteiger partial charge >= 0.3 is 0 Å². The second-order valence-corrected chi connectivity index (χ2v) is 6.53. The van der Waals surface area contributed by atoms with Crippen LogP contribution in [-0.4, -0.2) is 27.0 Å². The van der Waals surface area contributed by atoms with E-state index in [0.29, 0.717) is 19.4 Å². The van der Waals surface area contributed by atoms with Crippen molar-refractivity contribution in [2.24, 2.45) is 0 Å².